The van der Waals surface area contributed by atoms with E-state index in [1.165, 1.54) is 41.9 Å². The van der Waals surface area contributed by atoms with Gasteiger partial charge in [-0.15, -0.1) is 0 Å². The molecule has 0 saturated carbocycles. The highest BCUT2D eigenvalue weighted by Crippen LogP contribution is 2.25. The molecule has 1 N–H and O–H groups in total. The van der Waals surface area contributed by atoms with Crippen LogP contribution in [0.5, 0.6) is 0 Å². The average molecular weight is 346 g/mol. The third-order valence-corrected chi connectivity index (χ3v) is 3.27. The Kier molecular flexibility index (Phi) is 4.12. The topological polar surface area (TPSA) is 129 Å². The summed E-state index contributed by atoms with van der Waals surface area (Å²) in [4.78, 5) is 34.2. The largest absolute Gasteiger partial charge is 0.306 e. The molecule has 1 aromatic carbocycles. The second kappa shape index (κ2) is 6.38. The molecule has 2 heterocycles. The van der Waals surface area contributed by atoms with E-state index in [2.05, 4.69) is 25.4 Å². The smallest absolute Gasteiger partial charge is 0.288 e. The van der Waals surface area contributed by atoms with Crippen molar-refractivity contribution in [3.8, 4) is 5.82 Å². The Labute approximate surface area is 139 Å². The summed E-state index contributed by atoms with van der Waals surface area (Å²) in [5, 5.41) is 17.3. The highest BCUT2D eigenvalue weighted by molar-refractivity contribution is 6.32. The lowest BCUT2D eigenvalue weighted by Gasteiger charge is -2.06. The Hall–Kier alpha value is -3.40. The fourth-order valence-electron chi connectivity index (χ4n) is 1.85. The van der Waals surface area contributed by atoms with Crippen LogP contribution in [0.1, 0.15) is 10.4 Å². The van der Waals surface area contributed by atoms with Gasteiger partial charge in [0.05, 0.1) is 4.92 Å². The van der Waals surface area contributed by atoms with E-state index in [9.17, 15) is 14.9 Å². The first-order valence-corrected chi connectivity index (χ1v) is 6.85. The first kappa shape index (κ1) is 15.5. The molecule has 11 heteroatoms. The normalized spacial score (nSPS) is 10.4. The summed E-state index contributed by atoms with van der Waals surface area (Å²) in [7, 11) is 0. The van der Waals surface area contributed by atoms with Crippen molar-refractivity contribution in [3.05, 3.63) is 63.9 Å². The van der Waals surface area contributed by atoms with Crippen LogP contribution in [-0.4, -0.2) is 35.6 Å². The molecule has 0 aliphatic carbocycles. The number of carbonyl (C=O) groups is 1. The number of carbonyl (C=O) groups excluding carboxylic acids is 1. The van der Waals surface area contributed by atoms with Gasteiger partial charge in [-0.2, -0.15) is 5.10 Å². The minimum absolute atomic E-state index is 0.0490. The summed E-state index contributed by atoms with van der Waals surface area (Å²) in [6, 6.07) is 5.24. The Morgan fingerprint density at radius 3 is 2.79 bits per heavy atom. The van der Waals surface area contributed by atoms with Gasteiger partial charge in [-0.05, 0) is 12.1 Å². The molecule has 0 bridgehead atoms. The van der Waals surface area contributed by atoms with Crippen LogP contribution in [0, 0.1) is 10.1 Å². The molecular weight excluding hydrogens is 338 g/mol. The van der Waals surface area contributed by atoms with E-state index in [4.69, 9.17) is 11.6 Å². The van der Waals surface area contributed by atoms with Gasteiger partial charge in [-0.1, -0.05) is 11.6 Å². The van der Waals surface area contributed by atoms with Gasteiger partial charge < -0.3 is 5.32 Å². The molecule has 3 rings (SSSR count). The van der Waals surface area contributed by atoms with Gasteiger partial charge in [0.2, 0.25) is 0 Å². The highest BCUT2D eigenvalue weighted by Gasteiger charge is 2.17. The third-order valence-electron chi connectivity index (χ3n) is 2.95. The second-order valence-electron chi connectivity index (χ2n) is 4.48. The molecule has 0 aliphatic heterocycles. The number of nitrogens with one attached hydrogen (secondary N) is 1. The van der Waals surface area contributed by atoms with Crippen LogP contribution in [0.15, 0.2) is 43.2 Å². The summed E-state index contributed by atoms with van der Waals surface area (Å²) in [6.07, 6.45) is 4.03. The van der Waals surface area contributed by atoms with Crippen molar-refractivity contribution in [1.29, 1.82) is 0 Å². The van der Waals surface area contributed by atoms with Crippen molar-refractivity contribution in [1.82, 2.24) is 24.7 Å². The number of amides is 1. The fourth-order valence-corrected chi connectivity index (χ4v) is 2.04. The zero-order valence-corrected chi connectivity index (χ0v) is 12.6. The molecule has 0 fully saturated rings. The molecule has 120 valence electrons. The number of benzene rings is 1. The molecule has 24 heavy (non-hydrogen) atoms. The van der Waals surface area contributed by atoms with E-state index in [-0.39, 0.29) is 22.1 Å². The molecular formula is C13H8ClN7O3. The quantitative estimate of drug-likeness (QED) is 0.564. The maximum atomic E-state index is 12.2. The zero-order chi connectivity index (χ0) is 17.1. The van der Waals surface area contributed by atoms with E-state index in [0.717, 1.165) is 6.07 Å². The Morgan fingerprint density at radius 2 is 2.08 bits per heavy atom. The minimum atomic E-state index is -0.660. The number of aromatic nitrogens is 5. The van der Waals surface area contributed by atoms with Gasteiger partial charge in [0, 0.05) is 17.7 Å². The van der Waals surface area contributed by atoms with Gasteiger partial charge >= 0.3 is 0 Å². The monoisotopic (exact) mass is 345 g/mol. The zero-order valence-electron chi connectivity index (χ0n) is 11.8. The maximum absolute atomic E-state index is 12.2. The summed E-state index contributed by atoms with van der Waals surface area (Å²) in [5.41, 5.74) is -0.276. The van der Waals surface area contributed by atoms with E-state index < -0.39 is 10.8 Å². The van der Waals surface area contributed by atoms with Crippen molar-refractivity contribution < 1.29 is 9.72 Å². The van der Waals surface area contributed by atoms with Gasteiger partial charge in [0.1, 0.15) is 29.8 Å². The van der Waals surface area contributed by atoms with Crippen molar-refractivity contribution in [3.63, 3.8) is 0 Å². The number of nitro benzene ring substituents is 1. The number of nitro groups is 1. The standard InChI is InChI=1S/C13H8ClN7O3/c14-9-2-1-8(3-10(9)21(23)24)13(22)19-11-4-12(17-6-16-11)20-7-15-5-18-20/h1-7H,(H,16,17,19,22). The lowest BCUT2D eigenvalue weighted by Crippen LogP contribution is -2.14. The van der Waals surface area contributed by atoms with Gasteiger partial charge in [0.15, 0.2) is 5.82 Å². The molecule has 3 aromatic rings. The van der Waals surface area contributed by atoms with Crippen LogP contribution in [0.4, 0.5) is 11.5 Å². The predicted octanol–water partition coefficient (Wildman–Crippen LogP) is 1.87. The van der Waals surface area contributed by atoms with Crippen molar-refractivity contribution in [2.75, 3.05) is 5.32 Å². The van der Waals surface area contributed by atoms with E-state index in [1.54, 1.807) is 0 Å². The number of halogens is 1. The number of nitrogens with zero attached hydrogens (tertiary/aromatic N) is 6. The first-order chi connectivity index (χ1) is 11.5. The SMILES string of the molecule is O=C(Nc1cc(-n2cncn2)ncn1)c1ccc(Cl)c([N+](=O)[O-])c1. The molecule has 0 radical (unpaired) electrons. The van der Waals surface area contributed by atoms with Crippen LogP contribution in [-0.2, 0) is 0 Å². The number of hydrogen-bond donors (Lipinski definition) is 1. The molecule has 0 unspecified atom stereocenters. The molecule has 0 atom stereocenters. The maximum Gasteiger partial charge on any atom is 0.288 e. The van der Waals surface area contributed by atoms with Crippen molar-refractivity contribution >= 4 is 29.0 Å². The summed E-state index contributed by atoms with van der Waals surface area (Å²) in [5.74, 6) is 0.0380. The number of hydrogen-bond acceptors (Lipinski definition) is 7. The van der Waals surface area contributed by atoms with E-state index >= 15 is 0 Å². The second-order valence-corrected chi connectivity index (χ2v) is 4.89. The van der Waals surface area contributed by atoms with E-state index in [1.807, 2.05) is 0 Å². The molecule has 0 saturated heterocycles. The van der Waals surface area contributed by atoms with Crippen LogP contribution >= 0.6 is 11.6 Å². The molecule has 2 aromatic heterocycles. The lowest BCUT2D eigenvalue weighted by atomic mass is 10.2. The molecule has 1 amide bonds. The minimum Gasteiger partial charge on any atom is -0.306 e. The van der Waals surface area contributed by atoms with Gasteiger partial charge in [-0.3, -0.25) is 14.9 Å². The predicted molar refractivity (Wildman–Crippen MR) is 83.0 cm³/mol. The Balaban J connectivity index is 1.84. The van der Waals surface area contributed by atoms with E-state index in [0.29, 0.717) is 5.82 Å². The average Bonchev–Trinajstić information content (AvgIpc) is 3.09. The fraction of sp³-hybridized carbons (Fsp3) is 0. The van der Waals surface area contributed by atoms with Gasteiger partial charge in [0.25, 0.3) is 11.6 Å². The van der Waals surface area contributed by atoms with Crippen LogP contribution < -0.4 is 5.32 Å². The summed E-state index contributed by atoms with van der Waals surface area (Å²) < 4.78 is 1.39. The van der Waals surface area contributed by atoms with Crippen LogP contribution in [0.25, 0.3) is 5.82 Å². The summed E-state index contributed by atoms with van der Waals surface area (Å²) >= 11 is 5.72. The third kappa shape index (κ3) is 3.17. The number of rotatable bonds is 4. The summed E-state index contributed by atoms with van der Waals surface area (Å²) in [6.45, 7) is 0. The van der Waals surface area contributed by atoms with Crippen LogP contribution in [0.3, 0.4) is 0 Å². The molecule has 0 aliphatic rings. The van der Waals surface area contributed by atoms with Crippen molar-refractivity contribution in [2.45, 2.75) is 0 Å². The van der Waals surface area contributed by atoms with Crippen molar-refractivity contribution in [2.24, 2.45) is 0 Å². The van der Waals surface area contributed by atoms with Gasteiger partial charge in [-0.25, -0.2) is 19.6 Å². The highest BCUT2D eigenvalue weighted by atomic mass is 35.5. The van der Waals surface area contributed by atoms with Crippen LogP contribution in [0.2, 0.25) is 5.02 Å². The number of anilines is 1. The Bertz CT molecular complexity index is 914. The first-order valence-electron chi connectivity index (χ1n) is 6.47. The Morgan fingerprint density at radius 1 is 1.25 bits per heavy atom. The lowest BCUT2D eigenvalue weighted by molar-refractivity contribution is -0.384. The molecule has 10 nitrogen and oxygen atoms in total. The molecule has 0 spiro atoms.